The largest absolute Gasteiger partial charge is 0.314 e. The van der Waals surface area contributed by atoms with Gasteiger partial charge < -0.3 is 5.32 Å². The fourth-order valence-corrected chi connectivity index (χ4v) is 3.93. The number of fused-ring (bicyclic) bond motifs is 1. The van der Waals surface area contributed by atoms with Crippen molar-refractivity contribution in [3.05, 3.63) is 34.6 Å². The molecular weight excluding hydrogens is 261 g/mol. The number of halogens is 2. The van der Waals surface area contributed by atoms with Gasteiger partial charge in [-0.2, -0.15) is 0 Å². The second kappa shape index (κ2) is 5.41. The van der Waals surface area contributed by atoms with Crippen molar-refractivity contribution in [2.45, 2.75) is 38.6 Å². The van der Waals surface area contributed by atoms with Gasteiger partial charge in [-0.25, -0.2) is 4.39 Å². The lowest BCUT2D eigenvalue weighted by molar-refractivity contribution is 0.337. The van der Waals surface area contributed by atoms with E-state index in [1.165, 1.54) is 31.4 Å². The molecule has 104 valence electrons. The first kappa shape index (κ1) is 13.4. The van der Waals surface area contributed by atoms with E-state index in [1.54, 1.807) is 0 Å². The van der Waals surface area contributed by atoms with Gasteiger partial charge in [0.15, 0.2) is 0 Å². The van der Waals surface area contributed by atoms with Crippen molar-refractivity contribution in [3.63, 3.8) is 0 Å². The molecule has 2 aliphatic carbocycles. The molecule has 19 heavy (non-hydrogen) atoms. The van der Waals surface area contributed by atoms with E-state index < -0.39 is 0 Å². The number of nitrogens with one attached hydrogen (secondary N) is 1. The van der Waals surface area contributed by atoms with Gasteiger partial charge >= 0.3 is 0 Å². The molecule has 3 unspecified atom stereocenters. The monoisotopic (exact) mass is 281 g/mol. The minimum absolute atomic E-state index is 0.254. The average molecular weight is 282 g/mol. The summed E-state index contributed by atoms with van der Waals surface area (Å²) in [7, 11) is 0. The third kappa shape index (κ3) is 2.95. The van der Waals surface area contributed by atoms with Crippen LogP contribution in [-0.4, -0.2) is 12.6 Å². The summed E-state index contributed by atoms with van der Waals surface area (Å²) in [6, 6.07) is 5.25. The van der Waals surface area contributed by atoms with Gasteiger partial charge in [0.25, 0.3) is 0 Å². The molecular formula is C16H21ClFN. The summed E-state index contributed by atoms with van der Waals surface area (Å²) in [5, 5.41) is 4.16. The van der Waals surface area contributed by atoms with Crippen LogP contribution in [0.2, 0.25) is 5.02 Å². The second-order valence-electron chi connectivity index (χ2n) is 6.09. The van der Waals surface area contributed by atoms with Gasteiger partial charge in [-0.1, -0.05) is 24.6 Å². The fourth-order valence-electron chi connectivity index (χ4n) is 3.68. The van der Waals surface area contributed by atoms with E-state index in [0.29, 0.717) is 11.1 Å². The normalized spacial score (nSPS) is 30.2. The van der Waals surface area contributed by atoms with Gasteiger partial charge in [-0.05, 0) is 67.7 Å². The molecule has 0 amide bonds. The van der Waals surface area contributed by atoms with Crippen molar-refractivity contribution in [2.24, 2.45) is 17.8 Å². The lowest BCUT2D eigenvalue weighted by Gasteiger charge is -2.26. The average Bonchev–Trinajstić information content (AvgIpc) is 2.98. The third-order valence-corrected chi connectivity index (χ3v) is 5.12. The highest BCUT2D eigenvalue weighted by Gasteiger charge is 2.47. The molecule has 0 bridgehead atoms. The van der Waals surface area contributed by atoms with Crippen LogP contribution in [0.15, 0.2) is 18.2 Å². The van der Waals surface area contributed by atoms with Crippen LogP contribution >= 0.6 is 11.6 Å². The molecule has 2 saturated carbocycles. The molecule has 2 fully saturated rings. The standard InChI is InChI=1S/C16H21ClFN/c1-2-19-16(13-6-11-5-12(11)7-13)8-10-3-4-14(18)9-15(10)17/h3-4,9,11-13,16,19H,2,5-8H2,1H3. The quantitative estimate of drug-likeness (QED) is 0.859. The molecule has 0 aliphatic heterocycles. The van der Waals surface area contributed by atoms with Crippen molar-refractivity contribution in [2.75, 3.05) is 6.54 Å². The summed E-state index contributed by atoms with van der Waals surface area (Å²) >= 11 is 6.15. The minimum atomic E-state index is -0.254. The number of benzene rings is 1. The summed E-state index contributed by atoms with van der Waals surface area (Å²) in [5.74, 6) is 2.50. The van der Waals surface area contributed by atoms with Crippen molar-refractivity contribution < 1.29 is 4.39 Å². The van der Waals surface area contributed by atoms with E-state index in [-0.39, 0.29) is 5.82 Å². The SMILES string of the molecule is CCNC(Cc1ccc(F)cc1Cl)C1CC2CC2C1. The molecule has 0 heterocycles. The smallest absolute Gasteiger partial charge is 0.124 e. The van der Waals surface area contributed by atoms with Gasteiger partial charge in [0, 0.05) is 11.1 Å². The predicted octanol–water partition coefficient (Wildman–Crippen LogP) is 4.05. The van der Waals surface area contributed by atoms with Gasteiger partial charge in [-0.15, -0.1) is 0 Å². The highest BCUT2D eigenvalue weighted by molar-refractivity contribution is 6.31. The van der Waals surface area contributed by atoms with Crippen LogP contribution in [0.4, 0.5) is 4.39 Å². The molecule has 2 aliphatic rings. The van der Waals surface area contributed by atoms with Crippen molar-refractivity contribution in [1.82, 2.24) is 5.32 Å². The first-order chi connectivity index (χ1) is 9.17. The molecule has 0 radical (unpaired) electrons. The Kier molecular flexibility index (Phi) is 3.81. The van der Waals surface area contributed by atoms with Crippen molar-refractivity contribution in [3.8, 4) is 0 Å². The Balaban J connectivity index is 1.69. The lowest BCUT2D eigenvalue weighted by atomic mass is 9.89. The van der Waals surface area contributed by atoms with E-state index in [1.807, 2.05) is 6.07 Å². The molecule has 0 aromatic heterocycles. The van der Waals surface area contributed by atoms with Crippen molar-refractivity contribution in [1.29, 1.82) is 0 Å². The zero-order valence-electron chi connectivity index (χ0n) is 11.3. The zero-order valence-corrected chi connectivity index (χ0v) is 12.1. The number of rotatable bonds is 5. The summed E-state index contributed by atoms with van der Waals surface area (Å²) < 4.78 is 13.1. The number of hydrogen-bond donors (Lipinski definition) is 1. The topological polar surface area (TPSA) is 12.0 Å². The molecule has 3 atom stereocenters. The highest BCUT2D eigenvalue weighted by Crippen LogP contribution is 2.55. The maximum atomic E-state index is 13.1. The van der Waals surface area contributed by atoms with E-state index in [0.717, 1.165) is 36.3 Å². The molecule has 0 spiro atoms. The molecule has 0 saturated heterocycles. The maximum Gasteiger partial charge on any atom is 0.124 e. The van der Waals surface area contributed by atoms with Crippen LogP contribution in [0, 0.1) is 23.6 Å². The molecule has 3 heteroatoms. The van der Waals surface area contributed by atoms with Crippen LogP contribution in [0.5, 0.6) is 0 Å². The molecule has 1 N–H and O–H groups in total. The predicted molar refractivity (Wildman–Crippen MR) is 76.9 cm³/mol. The van der Waals surface area contributed by atoms with Crippen LogP contribution in [0.25, 0.3) is 0 Å². The van der Waals surface area contributed by atoms with Crippen LogP contribution < -0.4 is 5.32 Å². The van der Waals surface area contributed by atoms with Gasteiger partial charge in [-0.3, -0.25) is 0 Å². The Morgan fingerprint density at radius 1 is 1.32 bits per heavy atom. The van der Waals surface area contributed by atoms with Gasteiger partial charge in [0.05, 0.1) is 0 Å². The van der Waals surface area contributed by atoms with Gasteiger partial charge in [0.1, 0.15) is 5.82 Å². The van der Waals surface area contributed by atoms with Crippen LogP contribution in [-0.2, 0) is 6.42 Å². The lowest BCUT2D eigenvalue weighted by Crippen LogP contribution is -2.37. The number of likely N-dealkylation sites (N-methyl/N-ethyl adjacent to an activating group) is 1. The molecule has 1 aromatic rings. The Bertz CT molecular complexity index is 452. The second-order valence-corrected chi connectivity index (χ2v) is 6.50. The molecule has 3 rings (SSSR count). The first-order valence-corrected chi connectivity index (χ1v) is 7.72. The summed E-state index contributed by atoms with van der Waals surface area (Å²) in [5.41, 5.74) is 1.06. The Labute approximate surface area is 119 Å². The maximum absolute atomic E-state index is 13.1. The van der Waals surface area contributed by atoms with E-state index in [9.17, 15) is 4.39 Å². The van der Waals surface area contributed by atoms with E-state index >= 15 is 0 Å². The van der Waals surface area contributed by atoms with E-state index in [2.05, 4.69) is 12.2 Å². The van der Waals surface area contributed by atoms with Gasteiger partial charge in [0.2, 0.25) is 0 Å². The zero-order chi connectivity index (χ0) is 13.4. The first-order valence-electron chi connectivity index (χ1n) is 7.34. The van der Waals surface area contributed by atoms with Crippen LogP contribution in [0.1, 0.15) is 31.7 Å². The fraction of sp³-hybridized carbons (Fsp3) is 0.625. The minimum Gasteiger partial charge on any atom is -0.314 e. The summed E-state index contributed by atoms with van der Waals surface area (Å²) in [4.78, 5) is 0. The van der Waals surface area contributed by atoms with Crippen LogP contribution in [0.3, 0.4) is 0 Å². The van der Waals surface area contributed by atoms with E-state index in [4.69, 9.17) is 11.6 Å². The highest BCUT2D eigenvalue weighted by atomic mass is 35.5. The van der Waals surface area contributed by atoms with Crippen molar-refractivity contribution >= 4 is 11.6 Å². The molecule has 1 aromatic carbocycles. The summed E-state index contributed by atoms with van der Waals surface area (Å²) in [6.07, 6.45) is 5.09. The third-order valence-electron chi connectivity index (χ3n) is 4.77. The number of hydrogen-bond acceptors (Lipinski definition) is 1. The summed E-state index contributed by atoms with van der Waals surface area (Å²) in [6.45, 7) is 3.13. The molecule has 1 nitrogen and oxygen atoms in total. The Hall–Kier alpha value is -0.600. The Morgan fingerprint density at radius 2 is 2.05 bits per heavy atom. The Morgan fingerprint density at radius 3 is 2.68 bits per heavy atom.